The minimum Gasteiger partial charge on any atom is -0.507 e. The zero-order valence-corrected chi connectivity index (χ0v) is 36.0. The third kappa shape index (κ3) is 9.01. The van der Waals surface area contributed by atoms with E-state index in [1.807, 2.05) is 30.3 Å². The van der Waals surface area contributed by atoms with Gasteiger partial charge in [0.1, 0.15) is 36.2 Å². The van der Waals surface area contributed by atoms with Crippen LogP contribution >= 0.6 is 0 Å². The van der Waals surface area contributed by atoms with Crippen LogP contribution in [0.4, 0.5) is 0 Å². The zero-order valence-electron chi connectivity index (χ0n) is 35.0. The van der Waals surface area contributed by atoms with Gasteiger partial charge in [-0.1, -0.05) is 83.4 Å². The van der Waals surface area contributed by atoms with Crippen LogP contribution in [-0.4, -0.2) is 45.0 Å². The largest absolute Gasteiger partial charge is 0.507 e. The monoisotopic (exact) mass is 770 g/mol. The average Bonchev–Trinajstić information content (AvgIpc) is 3.42. The highest BCUT2D eigenvalue weighted by Gasteiger charge is 2.62. The Morgan fingerprint density at radius 2 is 1.71 bits per heavy atom. The number of methoxy groups -OCH3 is 1. The molecule has 0 spiro atoms. The third-order valence-corrected chi connectivity index (χ3v) is 17.9. The van der Waals surface area contributed by atoms with Gasteiger partial charge in [0, 0.05) is 17.4 Å². The highest BCUT2D eigenvalue weighted by atomic mass is 28.4. The number of allylic oxidation sites excluding steroid dienone is 3. The maximum Gasteiger partial charge on any atom is 0.335 e. The number of hydrogen-bond acceptors (Lipinski definition) is 7. The first kappa shape index (κ1) is 42.5. The number of Topliss-reactive ketones (excluding diaryl/α,β-unsaturated/α-hetero) is 1. The number of rotatable bonds is 19. The van der Waals surface area contributed by atoms with E-state index < -0.39 is 20.2 Å². The molecule has 7 nitrogen and oxygen atoms in total. The number of aromatic hydroxyl groups is 1. The van der Waals surface area contributed by atoms with E-state index in [9.17, 15) is 14.7 Å². The minimum atomic E-state index is -1.98. The minimum absolute atomic E-state index is 0.0605. The molecule has 3 aliphatic rings. The number of phenolic OH excluding ortho intramolecular Hbond substituents is 1. The molecule has 55 heavy (non-hydrogen) atoms. The summed E-state index contributed by atoms with van der Waals surface area (Å²) in [6.07, 6.45) is 8.03. The van der Waals surface area contributed by atoms with Crippen LogP contribution in [-0.2, 0) is 31.8 Å². The van der Waals surface area contributed by atoms with E-state index in [0.29, 0.717) is 11.3 Å². The number of esters is 1. The quantitative estimate of drug-likeness (QED) is 0.0658. The van der Waals surface area contributed by atoms with Gasteiger partial charge in [0.2, 0.25) is 0 Å². The van der Waals surface area contributed by atoms with Crippen LogP contribution in [0.3, 0.4) is 0 Å². The lowest BCUT2D eigenvalue weighted by atomic mass is 9.59. The Kier molecular flexibility index (Phi) is 14.3. The molecular formula is C47H66O7Si. The molecule has 1 unspecified atom stereocenters. The van der Waals surface area contributed by atoms with Gasteiger partial charge in [-0.15, -0.1) is 0 Å². The van der Waals surface area contributed by atoms with Gasteiger partial charge in [-0.05, 0) is 123 Å². The molecule has 3 aliphatic carbocycles. The number of fused-ring (bicyclic) bond motifs is 1. The van der Waals surface area contributed by atoms with Gasteiger partial charge in [0.25, 0.3) is 0 Å². The topological polar surface area (TPSA) is 91.3 Å². The number of carbonyl (C=O) groups is 2. The van der Waals surface area contributed by atoms with Crippen LogP contribution in [0, 0.1) is 29.6 Å². The van der Waals surface area contributed by atoms with Crippen molar-refractivity contribution in [3.05, 3.63) is 88.0 Å². The van der Waals surface area contributed by atoms with E-state index >= 15 is 0 Å². The summed E-state index contributed by atoms with van der Waals surface area (Å²) in [5, 5.41) is 11.8. The fraction of sp³-hybridized carbons (Fsp3) is 0.574. The first-order valence-electron chi connectivity index (χ1n) is 20.9. The summed E-state index contributed by atoms with van der Waals surface area (Å²) in [5.74, 6) is 0.209. The summed E-state index contributed by atoms with van der Waals surface area (Å²) in [5.41, 5.74) is 6.22. The molecule has 5 rings (SSSR count). The Bertz CT molecular complexity index is 1740. The van der Waals surface area contributed by atoms with Crippen LogP contribution in [0.2, 0.25) is 18.1 Å². The maximum atomic E-state index is 14.3. The fourth-order valence-corrected chi connectivity index (χ4v) is 12.6. The maximum absolute atomic E-state index is 14.3. The molecule has 0 bridgehead atoms. The molecule has 0 heterocycles. The van der Waals surface area contributed by atoms with Gasteiger partial charge in [-0.2, -0.15) is 0 Å². The average molecular weight is 771 g/mol. The second kappa shape index (κ2) is 18.5. The van der Waals surface area contributed by atoms with Crippen molar-refractivity contribution >= 4 is 20.1 Å². The molecule has 0 radical (unpaired) electrons. The molecule has 2 aromatic rings. The van der Waals surface area contributed by atoms with Gasteiger partial charge < -0.3 is 23.7 Å². The Morgan fingerprint density at radius 1 is 1.02 bits per heavy atom. The number of aryl methyl sites for hydroxylation is 1. The molecule has 0 aliphatic heterocycles. The predicted molar refractivity (Wildman–Crippen MR) is 223 cm³/mol. The van der Waals surface area contributed by atoms with Crippen molar-refractivity contribution in [3.63, 3.8) is 0 Å². The Morgan fingerprint density at radius 3 is 2.33 bits per heavy atom. The zero-order chi connectivity index (χ0) is 40.0. The highest BCUT2D eigenvalue weighted by molar-refractivity contribution is 6.73. The number of benzene rings is 2. The van der Waals surface area contributed by atoms with Gasteiger partial charge in [-0.3, -0.25) is 4.79 Å². The number of phenols is 1. The van der Waals surface area contributed by atoms with Crippen LogP contribution in [0.25, 0.3) is 0 Å². The second-order valence-electron chi connectivity index (χ2n) is 16.5. The summed E-state index contributed by atoms with van der Waals surface area (Å²) in [7, 11) is -0.368. The molecule has 2 aromatic carbocycles. The lowest BCUT2D eigenvalue weighted by Crippen LogP contribution is -2.56. The molecule has 1 fully saturated rings. The van der Waals surface area contributed by atoms with Crippen molar-refractivity contribution in [2.45, 2.75) is 131 Å². The van der Waals surface area contributed by atoms with Crippen LogP contribution in [0.15, 0.2) is 71.3 Å². The molecule has 1 saturated carbocycles. The molecule has 1 N–H and O–H groups in total. The van der Waals surface area contributed by atoms with Crippen molar-refractivity contribution in [2.75, 3.05) is 13.7 Å². The fourth-order valence-electron chi connectivity index (χ4n) is 9.62. The predicted octanol–water partition coefficient (Wildman–Crippen LogP) is 11.1. The van der Waals surface area contributed by atoms with Gasteiger partial charge in [0.05, 0.1) is 24.7 Å². The highest BCUT2D eigenvalue weighted by Crippen LogP contribution is 2.57. The number of ether oxygens (including phenoxy) is 3. The van der Waals surface area contributed by atoms with Crippen LogP contribution in [0.1, 0.15) is 110 Å². The van der Waals surface area contributed by atoms with E-state index in [2.05, 4.69) is 74.1 Å². The molecule has 7 atom stereocenters. The van der Waals surface area contributed by atoms with Gasteiger partial charge in [0.15, 0.2) is 8.32 Å². The van der Waals surface area contributed by atoms with Crippen molar-refractivity contribution in [2.24, 2.45) is 29.6 Å². The molecule has 300 valence electrons. The van der Waals surface area contributed by atoms with E-state index in [0.717, 1.165) is 90.2 Å². The van der Waals surface area contributed by atoms with Crippen molar-refractivity contribution in [1.29, 1.82) is 0 Å². The van der Waals surface area contributed by atoms with Crippen molar-refractivity contribution < 1.29 is 33.3 Å². The van der Waals surface area contributed by atoms with Crippen LogP contribution in [0.5, 0.6) is 17.2 Å². The van der Waals surface area contributed by atoms with Gasteiger partial charge >= 0.3 is 5.97 Å². The Hall–Kier alpha value is -3.62. The first-order chi connectivity index (χ1) is 26.3. The number of carbonyl (C=O) groups excluding carboxylic acids is 2. The standard InChI is InChI=1S/C47H66O7Si/c1-11-15-16-17-34-25-39(48)43(37-24-30(7)18-23-36(37)29(5)6)40(26-34)52-28-38-31(8)41-42(32(9)54-55(12-2,13-3)14-4)46(49)45(41)44(38)47(50)53-27-33-19-21-35(51-10)22-20-33/h19-22,24-26,31-32,36-37,41-42,45,48H,5,11-18,23,27-28H2,1-4,6-10H3/t31-,32+,36-,37+,41+,42+,45?/m0/s1. The third-order valence-electron chi connectivity index (χ3n) is 13.2. The molecule has 0 amide bonds. The van der Waals surface area contributed by atoms with E-state index in [1.54, 1.807) is 7.11 Å². The summed E-state index contributed by atoms with van der Waals surface area (Å²) in [6, 6.07) is 14.4. The smallest absolute Gasteiger partial charge is 0.335 e. The van der Waals surface area contributed by atoms with Gasteiger partial charge in [-0.25, -0.2) is 4.79 Å². The SMILES string of the molecule is C=C(C)[C@@H]1CCC(C)=C[C@H]1c1c(O)cc(CCCCC)cc1OCC1=C(C(=O)OCc2ccc(OC)cc2)C2C(=O)[C@H]([C@@H](C)O[Si](CC)(CC)CC)[C@H]2[C@H]1C. The lowest BCUT2D eigenvalue weighted by molar-refractivity contribution is -0.152. The van der Waals surface area contributed by atoms with Crippen molar-refractivity contribution in [1.82, 2.24) is 0 Å². The van der Waals surface area contributed by atoms with Crippen LogP contribution < -0.4 is 9.47 Å². The summed E-state index contributed by atoms with van der Waals surface area (Å²) in [6.45, 7) is 21.7. The molecule has 0 aromatic heterocycles. The normalized spacial score (nSPS) is 24.2. The van der Waals surface area contributed by atoms with E-state index in [4.69, 9.17) is 18.6 Å². The Balaban J connectivity index is 1.51. The summed E-state index contributed by atoms with van der Waals surface area (Å²) < 4.78 is 25.0. The van der Waals surface area contributed by atoms with E-state index in [-0.39, 0.29) is 60.4 Å². The summed E-state index contributed by atoms with van der Waals surface area (Å²) in [4.78, 5) is 28.5. The summed E-state index contributed by atoms with van der Waals surface area (Å²) >= 11 is 0. The Labute approximate surface area is 331 Å². The lowest BCUT2D eigenvalue weighted by Gasteiger charge is -2.47. The number of unbranched alkanes of at least 4 members (excludes halogenated alkanes) is 2. The van der Waals surface area contributed by atoms with E-state index in [1.165, 1.54) is 5.57 Å². The molecule has 8 heteroatoms. The van der Waals surface area contributed by atoms with Crippen molar-refractivity contribution in [3.8, 4) is 17.2 Å². The molecular weight excluding hydrogens is 705 g/mol. The number of ketones is 1. The molecule has 0 saturated heterocycles. The second-order valence-corrected chi connectivity index (χ2v) is 21.2. The number of hydrogen-bond donors (Lipinski definition) is 1. The first-order valence-corrected chi connectivity index (χ1v) is 23.4.